The van der Waals surface area contributed by atoms with Gasteiger partial charge in [0.2, 0.25) is 5.79 Å². The van der Waals surface area contributed by atoms with Crippen molar-refractivity contribution in [3.63, 3.8) is 0 Å². The molecule has 0 radical (unpaired) electrons. The number of esters is 1. The maximum atomic E-state index is 12.7. The summed E-state index contributed by atoms with van der Waals surface area (Å²) in [5.41, 5.74) is -0.281. The third kappa shape index (κ3) is 5.81. The monoisotopic (exact) mass is 770 g/mol. The molecule has 0 amide bonds. The zero-order chi connectivity index (χ0) is 38.8. The van der Waals surface area contributed by atoms with Crippen LogP contribution in [0, 0.1) is 52.3 Å². The molecular formula is C39H62O15. The molecule has 8 aliphatic rings. The molecule has 4 saturated heterocycles. The van der Waals surface area contributed by atoms with E-state index in [1.165, 1.54) is 6.92 Å². The van der Waals surface area contributed by atoms with Gasteiger partial charge in [0.05, 0.1) is 36.9 Å². The molecule has 15 heteroatoms. The van der Waals surface area contributed by atoms with Crippen molar-refractivity contribution in [3.05, 3.63) is 0 Å². The SMILES string of the molecule is C[C@@H]1C[C@H](O)C2(OC1=O)O[C@H]1[C@H](O)[C@H]3[C@@H]4CC[C@H]5C[C@@H](O[C@@H]6O[C@H](CO)[C@@H](O)[C@H](O)[C@H]6O[C@@H]6O[C@@H](C)[C@H](O)[C@@H](O)[C@H]6O)CC[C@]5(C)[C@H]4CC[C@]3(C)[C@H]1[C@@H]2C. The molecule has 1 unspecified atom stereocenters. The van der Waals surface area contributed by atoms with E-state index in [-0.39, 0.29) is 53.0 Å². The molecule has 308 valence electrons. The fourth-order valence-corrected chi connectivity index (χ4v) is 13.2. The number of rotatable bonds is 5. The van der Waals surface area contributed by atoms with Crippen molar-refractivity contribution in [1.29, 1.82) is 0 Å². The number of fused-ring (bicyclic) bond motifs is 7. The number of aliphatic hydroxyl groups excluding tert-OH is 8. The van der Waals surface area contributed by atoms with E-state index in [4.69, 9.17) is 28.4 Å². The van der Waals surface area contributed by atoms with Gasteiger partial charge in [0.25, 0.3) is 0 Å². The van der Waals surface area contributed by atoms with Crippen molar-refractivity contribution in [2.75, 3.05) is 6.61 Å². The summed E-state index contributed by atoms with van der Waals surface area (Å²) in [6.45, 7) is 9.34. The Hall–Kier alpha value is -1.05. The minimum Gasteiger partial charge on any atom is -0.430 e. The smallest absolute Gasteiger partial charge is 0.311 e. The molecule has 0 bridgehead atoms. The molecule has 4 aliphatic heterocycles. The highest BCUT2D eigenvalue weighted by molar-refractivity contribution is 5.73. The van der Waals surface area contributed by atoms with Crippen molar-refractivity contribution < 1.29 is 74.1 Å². The Bertz CT molecular complexity index is 1400. The van der Waals surface area contributed by atoms with Crippen LogP contribution in [0.15, 0.2) is 0 Å². The summed E-state index contributed by atoms with van der Waals surface area (Å²) in [4.78, 5) is 12.7. The van der Waals surface area contributed by atoms with E-state index in [0.29, 0.717) is 24.7 Å². The Morgan fingerprint density at radius 3 is 2.19 bits per heavy atom. The van der Waals surface area contributed by atoms with E-state index in [9.17, 15) is 45.6 Å². The number of aliphatic hydroxyl groups is 8. The first-order valence-corrected chi connectivity index (χ1v) is 20.4. The molecule has 0 aromatic rings. The molecule has 1 spiro atoms. The van der Waals surface area contributed by atoms with Crippen molar-refractivity contribution in [2.45, 2.75) is 178 Å². The van der Waals surface area contributed by atoms with Crippen LogP contribution in [0.1, 0.15) is 86.0 Å². The predicted octanol–water partition coefficient (Wildman–Crippen LogP) is -0.0620. The third-order valence-electron chi connectivity index (χ3n) is 16.2. The van der Waals surface area contributed by atoms with Crippen LogP contribution in [0.25, 0.3) is 0 Å². The third-order valence-corrected chi connectivity index (χ3v) is 16.2. The van der Waals surface area contributed by atoms with E-state index < -0.39 is 98.0 Å². The summed E-state index contributed by atoms with van der Waals surface area (Å²) in [5, 5.41) is 86.3. The predicted molar refractivity (Wildman–Crippen MR) is 184 cm³/mol. The largest absolute Gasteiger partial charge is 0.430 e. The molecule has 0 aromatic heterocycles. The minimum absolute atomic E-state index is 0.00439. The Morgan fingerprint density at radius 1 is 0.741 bits per heavy atom. The van der Waals surface area contributed by atoms with Gasteiger partial charge in [-0.2, -0.15) is 0 Å². The van der Waals surface area contributed by atoms with Crippen LogP contribution in [0.5, 0.6) is 0 Å². The van der Waals surface area contributed by atoms with Crippen LogP contribution < -0.4 is 0 Å². The van der Waals surface area contributed by atoms with Gasteiger partial charge in [0.15, 0.2) is 12.6 Å². The second-order valence-corrected chi connectivity index (χ2v) is 18.8. The van der Waals surface area contributed by atoms with Crippen molar-refractivity contribution in [3.8, 4) is 0 Å². The summed E-state index contributed by atoms with van der Waals surface area (Å²) in [5.74, 6) is -1.63. The fourth-order valence-electron chi connectivity index (χ4n) is 13.2. The lowest BCUT2D eigenvalue weighted by Crippen LogP contribution is -2.64. The van der Waals surface area contributed by atoms with E-state index >= 15 is 0 Å². The molecule has 15 nitrogen and oxygen atoms in total. The van der Waals surface area contributed by atoms with Gasteiger partial charge >= 0.3 is 5.97 Å². The van der Waals surface area contributed by atoms with Gasteiger partial charge in [0.1, 0.15) is 48.8 Å². The van der Waals surface area contributed by atoms with E-state index in [0.717, 1.165) is 32.1 Å². The first kappa shape index (κ1) is 39.8. The fraction of sp³-hybridized carbons (Fsp3) is 0.974. The lowest BCUT2D eigenvalue weighted by molar-refractivity contribution is -0.371. The standard InChI is InChI=1S/C39H62O15/c1-15-12-23(41)39(54-34(15)48)16(2)24-32(53-39)28(44)25-20-7-6-18-13-19(8-10-37(18,4)21(20)9-11-38(24,25)5)50-36-33(30(46)27(43)22(14-40)51-36)52-35-31(47)29(45)26(42)17(3)49-35/h15-33,35-36,40-47H,6-14H2,1-5H3/t15-,16+,17+,18+,19+,20-,21+,22-,23+,24+,25-,26+,27-,28-,29-,30+,31-,32-,33-,35+,36-,37+,38-,39?/m1/s1. The van der Waals surface area contributed by atoms with Crippen LogP contribution in [0.2, 0.25) is 0 Å². The molecule has 4 aliphatic carbocycles. The molecule has 8 fully saturated rings. The molecule has 4 saturated carbocycles. The highest BCUT2D eigenvalue weighted by Gasteiger charge is 2.74. The van der Waals surface area contributed by atoms with Gasteiger partial charge < -0.3 is 69.3 Å². The van der Waals surface area contributed by atoms with Gasteiger partial charge in [-0.3, -0.25) is 4.79 Å². The lowest BCUT2D eigenvalue weighted by atomic mass is 9.44. The van der Waals surface area contributed by atoms with Gasteiger partial charge in [-0.25, -0.2) is 0 Å². The highest BCUT2D eigenvalue weighted by Crippen LogP contribution is 2.71. The molecule has 54 heavy (non-hydrogen) atoms. The normalized spacial score (nSPS) is 59.9. The molecule has 0 aromatic carbocycles. The number of ether oxygens (including phenoxy) is 6. The average molecular weight is 771 g/mol. The molecule has 8 N–H and O–H groups in total. The first-order chi connectivity index (χ1) is 25.5. The maximum absolute atomic E-state index is 12.7. The van der Waals surface area contributed by atoms with Gasteiger partial charge in [0, 0.05) is 11.8 Å². The highest BCUT2D eigenvalue weighted by atomic mass is 16.8. The van der Waals surface area contributed by atoms with Gasteiger partial charge in [-0.1, -0.05) is 27.7 Å². The number of carbonyl (C=O) groups is 1. The Labute approximate surface area is 316 Å². The van der Waals surface area contributed by atoms with Crippen molar-refractivity contribution in [1.82, 2.24) is 0 Å². The van der Waals surface area contributed by atoms with Crippen molar-refractivity contribution >= 4 is 5.97 Å². The van der Waals surface area contributed by atoms with E-state index in [2.05, 4.69) is 13.8 Å². The zero-order valence-corrected chi connectivity index (χ0v) is 31.9. The Morgan fingerprint density at radius 2 is 1.46 bits per heavy atom. The number of hydrogen-bond acceptors (Lipinski definition) is 15. The average Bonchev–Trinajstić information content (AvgIpc) is 3.55. The molecular weight excluding hydrogens is 708 g/mol. The molecule has 4 heterocycles. The number of carbonyl (C=O) groups excluding carboxylic acids is 1. The second-order valence-electron chi connectivity index (χ2n) is 18.8. The summed E-state index contributed by atoms with van der Waals surface area (Å²) in [7, 11) is 0. The summed E-state index contributed by atoms with van der Waals surface area (Å²) < 4.78 is 36.5. The van der Waals surface area contributed by atoms with Gasteiger partial charge in [-0.15, -0.1) is 0 Å². The molecule has 8 rings (SSSR count). The van der Waals surface area contributed by atoms with Crippen LogP contribution >= 0.6 is 0 Å². The summed E-state index contributed by atoms with van der Waals surface area (Å²) in [6, 6.07) is 0. The molecule has 24 atom stereocenters. The Balaban J connectivity index is 0.963. The number of hydrogen-bond donors (Lipinski definition) is 8. The summed E-state index contributed by atoms with van der Waals surface area (Å²) in [6.07, 6.45) is -10.0. The van der Waals surface area contributed by atoms with Crippen LogP contribution in [-0.2, 0) is 33.2 Å². The van der Waals surface area contributed by atoms with E-state index in [1.807, 2.05) is 6.92 Å². The van der Waals surface area contributed by atoms with Crippen LogP contribution in [0.3, 0.4) is 0 Å². The van der Waals surface area contributed by atoms with Crippen LogP contribution in [-0.4, -0.2) is 145 Å². The van der Waals surface area contributed by atoms with Gasteiger partial charge in [-0.05, 0) is 92.8 Å². The summed E-state index contributed by atoms with van der Waals surface area (Å²) >= 11 is 0. The minimum atomic E-state index is -1.64. The van der Waals surface area contributed by atoms with E-state index in [1.54, 1.807) is 6.92 Å². The zero-order valence-electron chi connectivity index (χ0n) is 31.9. The quantitative estimate of drug-likeness (QED) is 0.135. The second kappa shape index (κ2) is 14.1. The maximum Gasteiger partial charge on any atom is 0.311 e. The van der Waals surface area contributed by atoms with Crippen molar-refractivity contribution in [2.24, 2.45) is 52.3 Å². The van der Waals surface area contributed by atoms with Crippen LogP contribution in [0.4, 0.5) is 0 Å². The first-order valence-electron chi connectivity index (χ1n) is 20.4. The Kier molecular flexibility index (Phi) is 10.3. The lowest BCUT2D eigenvalue weighted by Gasteiger charge is -2.61. The topological polar surface area (TPSA) is 234 Å².